The van der Waals surface area contributed by atoms with Crippen LogP contribution in [0.2, 0.25) is 0 Å². The highest BCUT2D eigenvalue weighted by Crippen LogP contribution is 2.20. The van der Waals surface area contributed by atoms with Gasteiger partial charge in [0.05, 0.1) is 0 Å². The monoisotopic (exact) mass is 265 g/mol. The smallest absolute Gasteiger partial charge is 0.382 e. The number of hydrogen-bond acceptors (Lipinski definition) is 3. The molecule has 1 heterocycles. The Kier molecular flexibility index (Phi) is 5.15. The predicted molar refractivity (Wildman–Crippen MR) is 61.1 cm³/mol. The lowest BCUT2D eigenvalue weighted by Gasteiger charge is -2.22. The van der Waals surface area contributed by atoms with Gasteiger partial charge in [0.25, 0.3) is 0 Å². The second-order valence-electron chi connectivity index (χ2n) is 4.34. The molecular weight excluding hydrogens is 247 g/mol. The summed E-state index contributed by atoms with van der Waals surface area (Å²) in [6.45, 7) is 2.67. The first-order chi connectivity index (χ1) is 8.30. The number of hydrogen-bond donors (Lipinski definition) is 1. The first-order valence-corrected chi connectivity index (χ1v) is 5.71. The fourth-order valence-electron chi connectivity index (χ4n) is 1.64. The number of aryl methyl sites for hydroxylation is 2. The van der Waals surface area contributed by atoms with Crippen molar-refractivity contribution in [2.24, 2.45) is 0 Å². The Bertz CT molecular complexity index is 365. The maximum absolute atomic E-state index is 12.1. The maximum Gasteiger partial charge on any atom is 0.415 e. The van der Waals surface area contributed by atoms with E-state index in [9.17, 15) is 13.2 Å². The molecule has 1 atom stereocenters. The van der Waals surface area contributed by atoms with Gasteiger partial charge in [0.15, 0.2) is 6.10 Å². The molecule has 0 amide bonds. The molecule has 7 heteroatoms. The Balaban J connectivity index is 2.26. The average molecular weight is 265 g/mol. The van der Waals surface area contributed by atoms with E-state index in [4.69, 9.17) is 5.11 Å². The summed E-state index contributed by atoms with van der Waals surface area (Å²) in [6.07, 6.45) is -2.60. The molecule has 1 rings (SSSR count). The predicted octanol–water partition coefficient (Wildman–Crippen LogP) is 1.44. The molecule has 0 fully saturated rings. The van der Waals surface area contributed by atoms with E-state index in [1.807, 2.05) is 17.7 Å². The van der Waals surface area contributed by atoms with Crippen molar-refractivity contribution in [3.8, 4) is 0 Å². The van der Waals surface area contributed by atoms with Crippen LogP contribution in [0.1, 0.15) is 12.2 Å². The van der Waals surface area contributed by atoms with Crippen molar-refractivity contribution in [1.82, 2.24) is 14.5 Å². The summed E-state index contributed by atoms with van der Waals surface area (Å²) < 4.78 is 38.3. The van der Waals surface area contributed by atoms with Crippen LogP contribution in [0, 0.1) is 6.92 Å². The van der Waals surface area contributed by atoms with Crippen molar-refractivity contribution in [2.45, 2.75) is 32.2 Å². The molecule has 0 spiro atoms. The van der Waals surface area contributed by atoms with Crippen molar-refractivity contribution < 1.29 is 18.3 Å². The van der Waals surface area contributed by atoms with Gasteiger partial charge in [-0.2, -0.15) is 13.2 Å². The van der Waals surface area contributed by atoms with Crippen LogP contribution in [0.4, 0.5) is 13.2 Å². The first-order valence-electron chi connectivity index (χ1n) is 5.71. The molecule has 1 N–H and O–H groups in total. The van der Waals surface area contributed by atoms with Crippen molar-refractivity contribution in [3.63, 3.8) is 0 Å². The molecule has 0 aliphatic heterocycles. The van der Waals surface area contributed by atoms with Gasteiger partial charge in [-0.15, -0.1) is 0 Å². The van der Waals surface area contributed by atoms with Gasteiger partial charge in [0, 0.05) is 25.5 Å². The minimum atomic E-state index is -4.55. The summed E-state index contributed by atoms with van der Waals surface area (Å²) in [5.74, 6) is 0.882. The molecular formula is C11H18F3N3O. The zero-order valence-electron chi connectivity index (χ0n) is 10.5. The van der Waals surface area contributed by atoms with Gasteiger partial charge in [-0.25, -0.2) is 4.98 Å². The van der Waals surface area contributed by atoms with Gasteiger partial charge < -0.3 is 14.6 Å². The Morgan fingerprint density at radius 2 is 2.17 bits per heavy atom. The van der Waals surface area contributed by atoms with Gasteiger partial charge in [0.2, 0.25) is 0 Å². The molecule has 0 bridgehead atoms. The quantitative estimate of drug-likeness (QED) is 0.846. The largest absolute Gasteiger partial charge is 0.415 e. The number of likely N-dealkylation sites (N-methyl/N-ethyl adjacent to an activating group) is 1. The topological polar surface area (TPSA) is 41.3 Å². The van der Waals surface area contributed by atoms with Crippen LogP contribution in [0.3, 0.4) is 0 Å². The molecule has 0 aliphatic carbocycles. The molecule has 18 heavy (non-hydrogen) atoms. The van der Waals surface area contributed by atoms with E-state index in [0.717, 1.165) is 5.82 Å². The molecule has 0 saturated carbocycles. The second kappa shape index (κ2) is 6.19. The first kappa shape index (κ1) is 15.0. The van der Waals surface area contributed by atoms with Crippen LogP contribution in [0.25, 0.3) is 0 Å². The molecule has 1 unspecified atom stereocenters. The number of halogens is 3. The van der Waals surface area contributed by atoms with Gasteiger partial charge in [0.1, 0.15) is 5.82 Å². The molecule has 104 valence electrons. The van der Waals surface area contributed by atoms with Crippen LogP contribution in [-0.4, -0.2) is 52.0 Å². The van der Waals surface area contributed by atoms with Gasteiger partial charge in [-0.05, 0) is 26.9 Å². The summed E-state index contributed by atoms with van der Waals surface area (Å²) in [4.78, 5) is 5.53. The molecule has 4 nitrogen and oxygen atoms in total. The van der Waals surface area contributed by atoms with E-state index in [1.54, 1.807) is 13.2 Å². The van der Waals surface area contributed by atoms with Crippen LogP contribution in [0.5, 0.6) is 0 Å². The molecule has 1 aromatic rings. The highest BCUT2D eigenvalue weighted by molar-refractivity contribution is 4.88. The summed E-state index contributed by atoms with van der Waals surface area (Å²) >= 11 is 0. The van der Waals surface area contributed by atoms with Gasteiger partial charge in [-0.1, -0.05) is 0 Å². The number of aliphatic hydroxyl groups excluding tert-OH is 1. The number of aliphatic hydroxyl groups is 1. The normalized spacial score (nSPS) is 14.2. The SMILES string of the molecule is Cc1nccn1CCCN(C)CC(O)C(F)(F)F. The highest BCUT2D eigenvalue weighted by Gasteiger charge is 2.38. The minimum Gasteiger partial charge on any atom is -0.382 e. The van der Waals surface area contributed by atoms with Crippen LogP contribution in [0.15, 0.2) is 12.4 Å². The summed E-state index contributed by atoms with van der Waals surface area (Å²) in [6, 6.07) is 0. The van der Waals surface area contributed by atoms with E-state index in [-0.39, 0.29) is 0 Å². The second-order valence-corrected chi connectivity index (χ2v) is 4.34. The van der Waals surface area contributed by atoms with Crippen LogP contribution < -0.4 is 0 Å². The molecule has 0 aliphatic rings. The van der Waals surface area contributed by atoms with Gasteiger partial charge >= 0.3 is 6.18 Å². The third kappa shape index (κ3) is 4.66. The van der Waals surface area contributed by atoms with Crippen LogP contribution >= 0.6 is 0 Å². The number of aromatic nitrogens is 2. The molecule has 0 aromatic carbocycles. The molecule has 1 aromatic heterocycles. The number of rotatable bonds is 6. The number of imidazole rings is 1. The van der Waals surface area contributed by atoms with Crippen molar-refractivity contribution in [1.29, 1.82) is 0 Å². The van der Waals surface area contributed by atoms with Gasteiger partial charge in [-0.3, -0.25) is 0 Å². The average Bonchev–Trinajstić information content (AvgIpc) is 2.63. The lowest BCUT2D eigenvalue weighted by Crippen LogP contribution is -2.39. The number of alkyl halides is 3. The zero-order chi connectivity index (χ0) is 13.8. The van der Waals surface area contributed by atoms with Crippen molar-refractivity contribution in [2.75, 3.05) is 20.1 Å². The number of nitrogens with zero attached hydrogens (tertiary/aromatic N) is 3. The molecule has 0 radical (unpaired) electrons. The Labute approximate surface area is 104 Å². The standard InChI is InChI=1S/C11H18F3N3O/c1-9-15-4-7-17(9)6-3-5-16(2)8-10(18)11(12,13)14/h4,7,10,18H,3,5-6,8H2,1-2H3. The summed E-state index contributed by atoms with van der Waals surface area (Å²) in [5.41, 5.74) is 0. The minimum absolute atomic E-state index is 0.396. The van der Waals surface area contributed by atoms with E-state index in [2.05, 4.69) is 4.98 Å². The van der Waals surface area contributed by atoms with E-state index < -0.39 is 18.8 Å². The highest BCUT2D eigenvalue weighted by atomic mass is 19.4. The fraction of sp³-hybridized carbons (Fsp3) is 0.727. The fourth-order valence-corrected chi connectivity index (χ4v) is 1.64. The zero-order valence-corrected chi connectivity index (χ0v) is 10.5. The Morgan fingerprint density at radius 3 is 2.67 bits per heavy atom. The lowest BCUT2D eigenvalue weighted by molar-refractivity contribution is -0.207. The van der Waals surface area contributed by atoms with Crippen LogP contribution in [-0.2, 0) is 6.54 Å². The Hall–Kier alpha value is -1.08. The van der Waals surface area contributed by atoms with Crippen molar-refractivity contribution in [3.05, 3.63) is 18.2 Å². The maximum atomic E-state index is 12.1. The van der Waals surface area contributed by atoms with E-state index in [1.165, 1.54) is 4.90 Å². The Morgan fingerprint density at radius 1 is 1.50 bits per heavy atom. The summed E-state index contributed by atoms with van der Waals surface area (Å²) in [7, 11) is 1.57. The lowest BCUT2D eigenvalue weighted by atomic mass is 10.3. The molecule has 0 saturated heterocycles. The van der Waals surface area contributed by atoms with Crippen molar-refractivity contribution >= 4 is 0 Å². The van der Waals surface area contributed by atoms with E-state index in [0.29, 0.717) is 19.5 Å². The third-order valence-corrected chi connectivity index (χ3v) is 2.72. The van der Waals surface area contributed by atoms with E-state index >= 15 is 0 Å². The summed E-state index contributed by atoms with van der Waals surface area (Å²) in [5, 5.41) is 8.90. The third-order valence-electron chi connectivity index (χ3n) is 2.72.